The van der Waals surface area contributed by atoms with E-state index in [4.69, 9.17) is 5.11 Å². The van der Waals surface area contributed by atoms with Crippen molar-refractivity contribution in [3.63, 3.8) is 0 Å². The van der Waals surface area contributed by atoms with Gasteiger partial charge in [0.15, 0.2) is 0 Å². The van der Waals surface area contributed by atoms with Crippen LogP contribution in [0, 0.1) is 0 Å². The average molecular weight is 266 g/mol. The van der Waals surface area contributed by atoms with Crippen molar-refractivity contribution in [3.8, 4) is 0 Å². The summed E-state index contributed by atoms with van der Waals surface area (Å²) in [6, 6.07) is 7.73. The van der Waals surface area contributed by atoms with E-state index in [1.165, 1.54) is 0 Å². The average Bonchev–Trinajstić information content (AvgIpc) is 2.33. The Labute approximate surface area is 112 Å². The second kappa shape index (κ2) is 7.24. The largest absolute Gasteiger partial charge is 0.478 e. The molecule has 1 aromatic carbocycles. The summed E-state index contributed by atoms with van der Waals surface area (Å²) in [5, 5.41) is 18.1. The van der Waals surface area contributed by atoms with Gasteiger partial charge in [0.1, 0.15) is 0 Å². The SMILES string of the molecule is CC(O)C(C)SCc1cccc(/C=C/C(=O)O)c1. The van der Waals surface area contributed by atoms with Crippen molar-refractivity contribution in [3.05, 3.63) is 41.5 Å². The highest BCUT2D eigenvalue weighted by Crippen LogP contribution is 2.20. The molecule has 0 fully saturated rings. The topological polar surface area (TPSA) is 57.5 Å². The molecule has 1 aromatic rings. The van der Waals surface area contributed by atoms with E-state index in [0.29, 0.717) is 0 Å². The lowest BCUT2D eigenvalue weighted by Crippen LogP contribution is -2.15. The van der Waals surface area contributed by atoms with Gasteiger partial charge in [-0.25, -0.2) is 4.79 Å². The van der Waals surface area contributed by atoms with Gasteiger partial charge in [0, 0.05) is 17.1 Å². The number of hydrogen-bond acceptors (Lipinski definition) is 3. The molecule has 0 aromatic heterocycles. The van der Waals surface area contributed by atoms with Crippen LogP contribution in [0.3, 0.4) is 0 Å². The van der Waals surface area contributed by atoms with Crippen molar-refractivity contribution in [1.82, 2.24) is 0 Å². The first-order valence-corrected chi connectivity index (χ1v) is 6.83. The molecule has 0 radical (unpaired) electrons. The highest BCUT2D eigenvalue weighted by molar-refractivity contribution is 7.99. The lowest BCUT2D eigenvalue weighted by molar-refractivity contribution is -0.131. The van der Waals surface area contributed by atoms with Gasteiger partial charge in [-0.2, -0.15) is 11.8 Å². The molecule has 0 aliphatic heterocycles. The van der Waals surface area contributed by atoms with E-state index in [9.17, 15) is 9.90 Å². The van der Waals surface area contributed by atoms with Gasteiger partial charge in [0.05, 0.1) is 6.10 Å². The molecule has 0 aliphatic rings. The normalized spacial score (nSPS) is 14.6. The number of rotatable bonds is 6. The molecule has 2 unspecified atom stereocenters. The van der Waals surface area contributed by atoms with Gasteiger partial charge < -0.3 is 10.2 Å². The van der Waals surface area contributed by atoms with Crippen LogP contribution in [0.1, 0.15) is 25.0 Å². The number of hydrogen-bond donors (Lipinski definition) is 2. The minimum Gasteiger partial charge on any atom is -0.478 e. The summed E-state index contributed by atoms with van der Waals surface area (Å²) < 4.78 is 0. The fraction of sp³-hybridized carbons (Fsp3) is 0.357. The Kier molecular flexibility index (Phi) is 5.95. The third kappa shape index (κ3) is 5.38. The zero-order chi connectivity index (χ0) is 13.5. The molecule has 0 bridgehead atoms. The third-order valence-corrected chi connectivity index (χ3v) is 3.98. The molecular formula is C14H18O3S. The molecule has 3 nitrogen and oxygen atoms in total. The molecule has 98 valence electrons. The fourth-order valence-electron chi connectivity index (χ4n) is 1.32. The Morgan fingerprint density at radius 1 is 1.44 bits per heavy atom. The van der Waals surface area contributed by atoms with Crippen molar-refractivity contribution in [2.24, 2.45) is 0 Å². The summed E-state index contributed by atoms with van der Waals surface area (Å²) in [6.45, 7) is 3.77. The zero-order valence-corrected chi connectivity index (χ0v) is 11.4. The van der Waals surface area contributed by atoms with E-state index in [-0.39, 0.29) is 11.4 Å². The van der Waals surface area contributed by atoms with E-state index in [1.807, 2.05) is 31.2 Å². The van der Waals surface area contributed by atoms with Crippen LogP contribution in [0.4, 0.5) is 0 Å². The molecular weight excluding hydrogens is 248 g/mol. The molecule has 0 amide bonds. The van der Waals surface area contributed by atoms with Gasteiger partial charge in [-0.15, -0.1) is 0 Å². The van der Waals surface area contributed by atoms with Gasteiger partial charge in [-0.05, 0) is 24.1 Å². The summed E-state index contributed by atoms with van der Waals surface area (Å²) in [7, 11) is 0. The number of benzene rings is 1. The summed E-state index contributed by atoms with van der Waals surface area (Å²) in [5.41, 5.74) is 2.00. The lowest BCUT2D eigenvalue weighted by atomic mass is 10.1. The van der Waals surface area contributed by atoms with Crippen LogP contribution in [0.15, 0.2) is 30.3 Å². The van der Waals surface area contributed by atoms with Crippen LogP contribution < -0.4 is 0 Å². The molecule has 2 N–H and O–H groups in total. The summed E-state index contributed by atoms with van der Waals surface area (Å²) in [6.07, 6.45) is 2.38. The van der Waals surface area contributed by atoms with Crippen LogP contribution in [-0.2, 0) is 10.5 Å². The molecule has 0 saturated carbocycles. The maximum absolute atomic E-state index is 10.4. The molecule has 0 saturated heterocycles. The van der Waals surface area contributed by atoms with Crippen molar-refractivity contribution >= 4 is 23.8 Å². The van der Waals surface area contributed by atoms with Crippen molar-refractivity contribution in [2.45, 2.75) is 31.0 Å². The molecule has 4 heteroatoms. The summed E-state index contributed by atoms with van der Waals surface area (Å²) in [5.74, 6) is -0.140. The summed E-state index contributed by atoms with van der Waals surface area (Å²) >= 11 is 1.68. The monoisotopic (exact) mass is 266 g/mol. The minimum absolute atomic E-state index is 0.184. The van der Waals surface area contributed by atoms with Crippen molar-refractivity contribution in [1.29, 1.82) is 0 Å². The lowest BCUT2D eigenvalue weighted by Gasteiger charge is -2.13. The van der Waals surface area contributed by atoms with Gasteiger partial charge in [-0.1, -0.05) is 31.2 Å². The first kappa shape index (κ1) is 14.8. The fourth-order valence-corrected chi connectivity index (χ4v) is 2.23. The number of carboxylic acid groups (broad SMARTS) is 1. The Balaban J connectivity index is 2.62. The van der Waals surface area contributed by atoms with Crippen LogP contribution in [0.25, 0.3) is 6.08 Å². The number of aliphatic hydroxyl groups excluding tert-OH is 1. The Hall–Kier alpha value is -1.26. The predicted molar refractivity (Wildman–Crippen MR) is 75.5 cm³/mol. The van der Waals surface area contributed by atoms with E-state index in [2.05, 4.69) is 0 Å². The quantitative estimate of drug-likeness (QED) is 0.777. The van der Waals surface area contributed by atoms with Crippen molar-refractivity contribution < 1.29 is 15.0 Å². The molecule has 1 rings (SSSR count). The number of aliphatic hydroxyl groups is 1. The maximum atomic E-state index is 10.4. The van der Waals surface area contributed by atoms with Crippen LogP contribution in [0.2, 0.25) is 0 Å². The zero-order valence-electron chi connectivity index (χ0n) is 10.5. The number of aliphatic carboxylic acids is 1. The van der Waals surface area contributed by atoms with E-state index in [0.717, 1.165) is 23.0 Å². The van der Waals surface area contributed by atoms with Crippen LogP contribution in [0.5, 0.6) is 0 Å². The molecule has 2 atom stereocenters. The maximum Gasteiger partial charge on any atom is 0.328 e. The van der Waals surface area contributed by atoms with E-state index < -0.39 is 5.97 Å². The van der Waals surface area contributed by atoms with E-state index in [1.54, 1.807) is 24.8 Å². The standard InChI is InChI=1S/C14H18O3S/c1-10(15)11(2)18-9-13-5-3-4-12(8-13)6-7-14(16)17/h3-8,10-11,15H,9H2,1-2H3,(H,16,17)/b7-6+. The predicted octanol–water partition coefficient (Wildman–Crippen LogP) is 2.79. The minimum atomic E-state index is -0.947. The Morgan fingerprint density at radius 2 is 2.17 bits per heavy atom. The summed E-state index contributed by atoms with van der Waals surface area (Å²) in [4.78, 5) is 10.4. The second-order valence-corrected chi connectivity index (χ2v) is 5.54. The highest BCUT2D eigenvalue weighted by Gasteiger charge is 2.08. The first-order chi connectivity index (χ1) is 8.49. The third-order valence-electron chi connectivity index (χ3n) is 2.56. The molecule has 18 heavy (non-hydrogen) atoms. The van der Waals surface area contributed by atoms with Gasteiger partial charge in [0.2, 0.25) is 0 Å². The number of carboxylic acids is 1. The Morgan fingerprint density at radius 3 is 2.78 bits per heavy atom. The van der Waals surface area contributed by atoms with Crippen LogP contribution >= 0.6 is 11.8 Å². The molecule has 0 spiro atoms. The molecule has 0 heterocycles. The van der Waals surface area contributed by atoms with Gasteiger partial charge >= 0.3 is 5.97 Å². The van der Waals surface area contributed by atoms with Crippen LogP contribution in [-0.4, -0.2) is 27.5 Å². The Bertz CT molecular complexity index is 427. The second-order valence-electron chi connectivity index (χ2n) is 4.17. The molecule has 0 aliphatic carbocycles. The number of thioether (sulfide) groups is 1. The van der Waals surface area contributed by atoms with Crippen molar-refractivity contribution in [2.75, 3.05) is 0 Å². The smallest absolute Gasteiger partial charge is 0.328 e. The van der Waals surface area contributed by atoms with E-state index >= 15 is 0 Å². The number of carbonyl (C=O) groups is 1. The van der Waals surface area contributed by atoms with Gasteiger partial charge in [-0.3, -0.25) is 0 Å². The first-order valence-electron chi connectivity index (χ1n) is 5.78. The van der Waals surface area contributed by atoms with Gasteiger partial charge in [0.25, 0.3) is 0 Å². The highest BCUT2D eigenvalue weighted by atomic mass is 32.2.